The summed E-state index contributed by atoms with van der Waals surface area (Å²) in [5.74, 6) is -0.437. The van der Waals surface area contributed by atoms with Crippen molar-refractivity contribution in [3.63, 3.8) is 0 Å². The van der Waals surface area contributed by atoms with Crippen molar-refractivity contribution < 1.29 is 14.4 Å². The first kappa shape index (κ1) is 15.1. The number of hydrogen-bond donors (Lipinski definition) is 4. The smallest absolute Gasteiger partial charge is 0.320 e. The summed E-state index contributed by atoms with van der Waals surface area (Å²) in [6.07, 6.45) is 4.04. The van der Waals surface area contributed by atoms with E-state index < -0.39 is 17.4 Å². The minimum absolute atomic E-state index is 0.00316. The monoisotopic (exact) mass is 294 g/mol. The topological polar surface area (TPSA) is 99.7 Å². The molecule has 0 aliphatic heterocycles. The van der Waals surface area contributed by atoms with Crippen LogP contribution < -0.4 is 16.4 Å². The van der Waals surface area contributed by atoms with Crippen LogP contribution in [-0.4, -0.2) is 22.6 Å². The maximum Gasteiger partial charge on any atom is 0.320 e. The van der Waals surface area contributed by atoms with Crippen LogP contribution >= 0.6 is 0 Å². The minimum atomic E-state index is -0.843. The van der Waals surface area contributed by atoms with Crippen molar-refractivity contribution >= 4 is 17.6 Å². The molecule has 0 unspecified atom stereocenters. The second-order valence-corrected chi connectivity index (χ2v) is 5.22. The molecule has 5 N–H and O–H groups in total. The first-order chi connectivity index (χ1) is 10.1. The molecule has 1 saturated carbocycles. The van der Waals surface area contributed by atoms with Crippen LogP contribution in [0.15, 0.2) is 29.4 Å². The van der Waals surface area contributed by atoms with Crippen molar-refractivity contribution in [1.82, 2.24) is 5.32 Å². The molecule has 0 radical (unpaired) electrons. The van der Waals surface area contributed by atoms with Crippen molar-refractivity contribution in [2.75, 3.05) is 5.32 Å². The van der Waals surface area contributed by atoms with Crippen LogP contribution in [-0.2, 0) is 0 Å². The normalized spacial score (nSPS) is 18.0. The summed E-state index contributed by atoms with van der Waals surface area (Å²) in [6.45, 7) is 0. The van der Waals surface area contributed by atoms with E-state index in [1.54, 1.807) is 6.07 Å². The summed E-state index contributed by atoms with van der Waals surface area (Å²) in [5.41, 5.74) is 5.25. The number of benzene rings is 1. The molecule has 114 valence electrons. The number of oxime groups is 1. The van der Waals surface area contributed by atoms with Crippen molar-refractivity contribution in [3.05, 3.63) is 30.1 Å². The Morgan fingerprint density at radius 3 is 2.67 bits per heavy atom. The number of halogens is 1. The van der Waals surface area contributed by atoms with Crippen molar-refractivity contribution in [1.29, 1.82) is 0 Å². The molecule has 1 aromatic rings. The van der Waals surface area contributed by atoms with Gasteiger partial charge in [0.15, 0.2) is 5.84 Å². The van der Waals surface area contributed by atoms with Gasteiger partial charge < -0.3 is 21.6 Å². The van der Waals surface area contributed by atoms with Gasteiger partial charge in [-0.25, -0.2) is 9.18 Å². The Hall–Kier alpha value is -2.31. The van der Waals surface area contributed by atoms with Crippen LogP contribution in [0, 0.1) is 5.82 Å². The molecule has 0 atom stereocenters. The third kappa shape index (κ3) is 3.62. The van der Waals surface area contributed by atoms with Gasteiger partial charge in [0.1, 0.15) is 11.4 Å². The molecule has 0 aromatic heterocycles. The molecule has 7 heteroatoms. The number of nitrogens with zero attached hydrogens (tertiary/aromatic N) is 1. The summed E-state index contributed by atoms with van der Waals surface area (Å²) in [4.78, 5) is 12.1. The lowest BCUT2D eigenvalue weighted by Gasteiger charge is -2.36. The highest BCUT2D eigenvalue weighted by molar-refractivity contribution is 5.97. The third-order valence-electron chi connectivity index (χ3n) is 3.74. The second kappa shape index (κ2) is 6.43. The fraction of sp³-hybridized carbons (Fsp3) is 0.429. The van der Waals surface area contributed by atoms with Crippen LogP contribution in [0.2, 0.25) is 0 Å². The van der Waals surface area contributed by atoms with Gasteiger partial charge in [-0.1, -0.05) is 30.5 Å². The number of carbonyl (C=O) groups is 1. The summed E-state index contributed by atoms with van der Waals surface area (Å²) in [5, 5.41) is 17.3. The molecule has 0 bridgehead atoms. The average molecular weight is 294 g/mol. The zero-order valence-corrected chi connectivity index (χ0v) is 11.6. The van der Waals surface area contributed by atoms with Crippen molar-refractivity contribution in [2.45, 2.75) is 37.6 Å². The Morgan fingerprint density at radius 2 is 2.05 bits per heavy atom. The van der Waals surface area contributed by atoms with Gasteiger partial charge in [-0.3, -0.25) is 0 Å². The Bertz CT molecular complexity index is 542. The number of amides is 2. The number of anilines is 1. The molecule has 1 aromatic carbocycles. The summed E-state index contributed by atoms with van der Waals surface area (Å²) in [6, 6.07) is 5.10. The third-order valence-corrected chi connectivity index (χ3v) is 3.74. The molecule has 2 amide bonds. The van der Waals surface area contributed by atoms with Crippen LogP contribution in [0.1, 0.15) is 32.1 Å². The molecule has 6 nitrogen and oxygen atoms in total. The van der Waals surface area contributed by atoms with E-state index in [2.05, 4.69) is 15.8 Å². The van der Waals surface area contributed by atoms with Gasteiger partial charge in [-0.15, -0.1) is 0 Å². The number of hydrogen-bond acceptors (Lipinski definition) is 3. The highest BCUT2D eigenvalue weighted by Crippen LogP contribution is 2.28. The van der Waals surface area contributed by atoms with Gasteiger partial charge >= 0.3 is 6.03 Å². The van der Waals surface area contributed by atoms with E-state index in [1.165, 1.54) is 18.2 Å². The van der Waals surface area contributed by atoms with Crippen LogP contribution in [0.25, 0.3) is 0 Å². The van der Waals surface area contributed by atoms with Gasteiger partial charge in [0, 0.05) is 5.69 Å². The minimum Gasteiger partial charge on any atom is -0.409 e. The van der Waals surface area contributed by atoms with E-state index in [9.17, 15) is 9.18 Å². The Kier molecular flexibility index (Phi) is 4.62. The van der Waals surface area contributed by atoms with Gasteiger partial charge in [-0.2, -0.15) is 0 Å². The van der Waals surface area contributed by atoms with E-state index in [0.29, 0.717) is 18.5 Å². The quantitative estimate of drug-likeness (QED) is 0.298. The van der Waals surface area contributed by atoms with E-state index >= 15 is 0 Å². The number of nitrogens with two attached hydrogens (primary N) is 1. The van der Waals surface area contributed by atoms with Gasteiger partial charge in [0.2, 0.25) is 0 Å². The number of nitrogens with one attached hydrogen (secondary N) is 2. The lowest BCUT2D eigenvalue weighted by atomic mass is 9.81. The molecule has 2 rings (SSSR count). The average Bonchev–Trinajstić information content (AvgIpc) is 2.47. The summed E-state index contributed by atoms with van der Waals surface area (Å²) < 4.78 is 13.1. The zero-order valence-electron chi connectivity index (χ0n) is 11.6. The standard InChI is InChI=1S/C14H19FN4O2/c15-10-5-4-6-11(9-10)17-13(20)18-14(12(16)19-21)7-2-1-3-8-14/h4-6,9,21H,1-3,7-8H2,(H2,16,19)(H2,17,18,20). The highest BCUT2D eigenvalue weighted by atomic mass is 19.1. The number of carbonyl (C=O) groups excluding carboxylic acids is 1. The fourth-order valence-corrected chi connectivity index (χ4v) is 2.64. The molecular weight excluding hydrogens is 275 g/mol. The summed E-state index contributed by atoms with van der Waals surface area (Å²) >= 11 is 0. The van der Waals surface area contributed by atoms with E-state index in [4.69, 9.17) is 10.9 Å². The predicted molar refractivity (Wildman–Crippen MR) is 77.8 cm³/mol. The fourth-order valence-electron chi connectivity index (χ4n) is 2.64. The van der Waals surface area contributed by atoms with Crippen molar-refractivity contribution in [2.24, 2.45) is 10.9 Å². The van der Waals surface area contributed by atoms with Crippen molar-refractivity contribution in [3.8, 4) is 0 Å². The SMILES string of the molecule is N/C(=N/O)C1(NC(=O)Nc2cccc(F)c2)CCCCC1. The number of amidine groups is 1. The largest absolute Gasteiger partial charge is 0.409 e. The molecule has 1 aliphatic carbocycles. The second-order valence-electron chi connectivity index (χ2n) is 5.22. The first-order valence-electron chi connectivity index (χ1n) is 6.88. The van der Waals surface area contributed by atoms with Gasteiger partial charge in [0.25, 0.3) is 0 Å². The van der Waals surface area contributed by atoms with E-state index in [0.717, 1.165) is 19.3 Å². The van der Waals surface area contributed by atoms with E-state index in [1.807, 2.05) is 0 Å². The molecule has 21 heavy (non-hydrogen) atoms. The number of rotatable bonds is 3. The highest BCUT2D eigenvalue weighted by Gasteiger charge is 2.38. The maximum absolute atomic E-state index is 13.1. The van der Waals surface area contributed by atoms with Gasteiger partial charge in [-0.05, 0) is 31.0 Å². The lowest BCUT2D eigenvalue weighted by molar-refractivity contribution is 0.233. The summed E-state index contributed by atoms with van der Waals surface area (Å²) in [7, 11) is 0. The van der Waals surface area contributed by atoms with Crippen LogP contribution in [0.4, 0.5) is 14.9 Å². The zero-order chi connectivity index (χ0) is 15.3. The Morgan fingerprint density at radius 1 is 1.33 bits per heavy atom. The molecular formula is C14H19FN4O2. The maximum atomic E-state index is 13.1. The Labute approximate surface area is 122 Å². The number of urea groups is 1. The molecule has 0 heterocycles. The first-order valence-corrected chi connectivity index (χ1v) is 6.88. The van der Waals surface area contributed by atoms with E-state index in [-0.39, 0.29) is 5.84 Å². The Balaban J connectivity index is 2.08. The lowest BCUT2D eigenvalue weighted by Crippen LogP contribution is -2.59. The molecule has 1 fully saturated rings. The van der Waals surface area contributed by atoms with Gasteiger partial charge in [0.05, 0.1) is 0 Å². The van der Waals surface area contributed by atoms with Crippen LogP contribution in [0.3, 0.4) is 0 Å². The molecule has 0 saturated heterocycles. The molecule has 1 aliphatic rings. The molecule has 0 spiro atoms. The predicted octanol–water partition coefficient (Wildman–Crippen LogP) is 2.40. The van der Waals surface area contributed by atoms with Crippen LogP contribution in [0.5, 0.6) is 0 Å².